The minimum absolute atomic E-state index is 0.839. The molecular formula is C16H23N3S. The topological polar surface area (TPSA) is 27.6 Å². The summed E-state index contributed by atoms with van der Waals surface area (Å²) >= 11 is 1.79. The minimum Gasteiger partial charge on any atom is -0.282 e. The Hall–Kier alpha value is -1.42. The lowest BCUT2D eigenvalue weighted by atomic mass is 10.1. The highest BCUT2D eigenvalue weighted by Gasteiger charge is 2.14. The molecule has 1 N–H and O–H groups in total. The second-order valence-corrected chi connectivity index (χ2v) is 6.34. The summed E-state index contributed by atoms with van der Waals surface area (Å²) in [7, 11) is 0. The summed E-state index contributed by atoms with van der Waals surface area (Å²) in [5, 5.41) is 3.21. The van der Waals surface area contributed by atoms with Gasteiger partial charge in [0, 0.05) is 5.75 Å². The summed E-state index contributed by atoms with van der Waals surface area (Å²) in [4.78, 5) is 4.49. The van der Waals surface area contributed by atoms with Gasteiger partial charge in [-0.1, -0.05) is 35.5 Å². The smallest absolute Gasteiger partial charge is 0.175 e. The van der Waals surface area contributed by atoms with E-state index in [0.717, 1.165) is 24.0 Å². The maximum absolute atomic E-state index is 4.49. The van der Waals surface area contributed by atoms with Crippen LogP contribution in [-0.4, -0.2) is 24.0 Å². The number of hydrogen-bond donors (Lipinski definition) is 1. The van der Waals surface area contributed by atoms with E-state index < -0.39 is 0 Å². The van der Waals surface area contributed by atoms with Crippen molar-refractivity contribution in [2.45, 2.75) is 27.7 Å². The summed E-state index contributed by atoms with van der Waals surface area (Å²) in [5.41, 5.74) is 8.62. The molecule has 1 heterocycles. The fourth-order valence-electron chi connectivity index (χ4n) is 2.02. The molecule has 0 fully saturated rings. The third kappa shape index (κ3) is 3.79. The Bertz CT molecular complexity index is 531. The highest BCUT2D eigenvalue weighted by molar-refractivity contribution is 8.14. The molecule has 3 nitrogen and oxygen atoms in total. The Morgan fingerprint density at radius 3 is 2.85 bits per heavy atom. The molecule has 0 amide bonds. The molecule has 0 bridgehead atoms. The normalized spacial score (nSPS) is 13.9. The first kappa shape index (κ1) is 15.0. The van der Waals surface area contributed by atoms with Crippen molar-refractivity contribution in [2.24, 2.45) is 4.99 Å². The van der Waals surface area contributed by atoms with Crippen LogP contribution in [0.4, 0.5) is 5.69 Å². The van der Waals surface area contributed by atoms with E-state index in [9.17, 15) is 0 Å². The predicted molar refractivity (Wildman–Crippen MR) is 90.6 cm³/mol. The fourth-order valence-corrected chi connectivity index (χ4v) is 2.76. The van der Waals surface area contributed by atoms with Gasteiger partial charge in [0.1, 0.15) is 0 Å². The zero-order valence-electron chi connectivity index (χ0n) is 12.7. The zero-order valence-corrected chi connectivity index (χ0v) is 13.5. The third-order valence-corrected chi connectivity index (χ3v) is 4.25. The number of aryl methyl sites for hydroxylation is 1. The standard InChI is InChI=1S/C16H23N3S/c1-12(2)8-10-19(18-16-17-9-11-20-16)15-7-5-6-13(3)14(15)4/h5-8H,9-11H2,1-4H3,(H,17,18). The quantitative estimate of drug-likeness (QED) is 0.677. The fraction of sp³-hybridized carbons (Fsp3) is 0.438. The van der Waals surface area contributed by atoms with E-state index in [4.69, 9.17) is 0 Å². The number of rotatable bonds is 4. The van der Waals surface area contributed by atoms with Gasteiger partial charge in [-0.15, -0.1) is 0 Å². The summed E-state index contributed by atoms with van der Waals surface area (Å²) in [5.74, 6) is 1.08. The molecule has 0 unspecified atom stereocenters. The molecule has 1 aromatic carbocycles. The van der Waals surface area contributed by atoms with Crippen LogP contribution in [0.25, 0.3) is 0 Å². The van der Waals surface area contributed by atoms with Crippen molar-refractivity contribution in [2.75, 3.05) is 23.9 Å². The van der Waals surface area contributed by atoms with Crippen LogP contribution in [0, 0.1) is 13.8 Å². The Morgan fingerprint density at radius 2 is 2.20 bits per heavy atom. The van der Waals surface area contributed by atoms with Gasteiger partial charge in [0.05, 0.1) is 18.8 Å². The number of aliphatic imine (C=N–C) groups is 1. The van der Waals surface area contributed by atoms with Gasteiger partial charge in [0.15, 0.2) is 5.17 Å². The van der Waals surface area contributed by atoms with Crippen LogP contribution in [0.5, 0.6) is 0 Å². The summed E-state index contributed by atoms with van der Waals surface area (Å²) < 4.78 is 0. The molecule has 2 rings (SSSR count). The Labute approximate surface area is 126 Å². The van der Waals surface area contributed by atoms with Crippen LogP contribution in [0.2, 0.25) is 0 Å². The number of thioether (sulfide) groups is 1. The first-order valence-electron chi connectivity index (χ1n) is 6.99. The Morgan fingerprint density at radius 1 is 1.40 bits per heavy atom. The Balaban J connectivity index is 2.24. The van der Waals surface area contributed by atoms with E-state index in [0.29, 0.717) is 0 Å². The number of benzene rings is 1. The maximum Gasteiger partial charge on any atom is 0.175 e. The van der Waals surface area contributed by atoms with Crippen LogP contribution in [0.3, 0.4) is 0 Å². The third-order valence-electron chi connectivity index (χ3n) is 3.37. The molecule has 4 heteroatoms. The van der Waals surface area contributed by atoms with Crippen LogP contribution in [-0.2, 0) is 0 Å². The lowest BCUT2D eigenvalue weighted by molar-refractivity contribution is 0.824. The molecule has 0 saturated heterocycles. The van der Waals surface area contributed by atoms with Gasteiger partial charge in [0.25, 0.3) is 0 Å². The van der Waals surface area contributed by atoms with Crippen molar-refractivity contribution in [3.63, 3.8) is 0 Å². The van der Waals surface area contributed by atoms with Gasteiger partial charge in [-0.25, -0.2) is 0 Å². The molecule has 0 spiro atoms. The van der Waals surface area contributed by atoms with Crippen LogP contribution in [0.1, 0.15) is 25.0 Å². The van der Waals surface area contributed by atoms with Gasteiger partial charge in [-0.05, 0) is 44.9 Å². The molecule has 20 heavy (non-hydrogen) atoms. The molecule has 0 atom stereocenters. The van der Waals surface area contributed by atoms with Crippen molar-refractivity contribution < 1.29 is 0 Å². The van der Waals surface area contributed by atoms with E-state index in [1.807, 2.05) is 0 Å². The predicted octanol–water partition coefficient (Wildman–Crippen LogP) is 3.68. The van der Waals surface area contributed by atoms with Crippen LogP contribution in [0.15, 0.2) is 34.8 Å². The first-order valence-corrected chi connectivity index (χ1v) is 7.97. The van der Waals surface area contributed by atoms with Gasteiger partial charge >= 0.3 is 0 Å². The number of hydrazine groups is 1. The lowest BCUT2D eigenvalue weighted by Gasteiger charge is -2.27. The van der Waals surface area contributed by atoms with Gasteiger partial charge in [-0.2, -0.15) is 0 Å². The van der Waals surface area contributed by atoms with Crippen LogP contribution >= 0.6 is 11.8 Å². The molecule has 1 aromatic rings. The highest BCUT2D eigenvalue weighted by Crippen LogP contribution is 2.22. The second-order valence-electron chi connectivity index (χ2n) is 5.26. The van der Waals surface area contributed by atoms with E-state index >= 15 is 0 Å². The van der Waals surface area contributed by atoms with E-state index in [1.54, 1.807) is 11.8 Å². The van der Waals surface area contributed by atoms with Gasteiger partial charge < -0.3 is 0 Å². The number of hydrogen-bond acceptors (Lipinski definition) is 4. The first-order chi connectivity index (χ1) is 9.58. The van der Waals surface area contributed by atoms with Gasteiger partial charge in [-0.3, -0.25) is 15.4 Å². The number of nitrogens with zero attached hydrogens (tertiary/aromatic N) is 2. The molecular weight excluding hydrogens is 266 g/mol. The number of allylic oxidation sites excluding steroid dienone is 1. The maximum atomic E-state index is 4.49. The van der Waals surface area contributed by atoms with Crippen LogP contribution < -0.4 is 10.4 Å². The van der Waals surface area contributed by atoms with Crippen molar-refractivity contribution in [1.82, 2.24) is 5.43 Å². The van der Waals surface area contributed by atoms with Gasteiger partial charge in [0.2, 0.25) is 0 Å². The highest BCUT2D eigenvalue weighted by atomic mass is 32.2. The second kappa shape index (κ2) is 6.84. The lowest BCUT2D eigenvalue weighted by Crippen LogP contribution is -2.41. The van der Waals surface area contributed by atoms with E-state index in [-0.39, 0.29) is 0 Å². The van der Waals surface area contributed by atoms with Crippen molar-refractivity contribution in [3.05, 3.63) is 41.0 Å². The summed E-state index contributed by atoms with van der Waals surface area (Å²) in [6.07, 6.45) is 2.23. The number of nitrogens with one attached hydrogen (secondary N) is 1. The molecule has 108 valence electrons. The molecule has 1 aliphatic rings. The van der Waals surface area contributed by atoms with Crippen molar-refractivity contribution in [1.29, 1.82) is 0 Å². The van der Waals surface area contributed by atoms with E-state index in [2.05, 4.69) is 67.4 Å². The average Bonchev–Trinajstić information content (AvgIpc) is 2.91. The number of anilines is 1. The molecule has 0 aromatic heterocycles. The zero-order chi connectivity index (χ0) is 14.5. The molecule has 0 radical (unpaired) electrons. The van der Waals surface area contributed by atoms with Crippen molar-refractivity contribution >= 4 is 22.6 Å². The largest absolute Gasteiger partial charge is 0.282 e. The summed E-state index contributed by atoms with van der Waals surface area (Å²) in [6.45, 7) is 10.3. The molecule has 0 aliphatic carbocycles. The monoisotopic (exact) mass is 289 g/mol. The number of amidine groups is 1. The molecule has 0 saturated carbocycles. The Kier molecular flexibility index (Phi) is 5.12. The average molecular weight is 289 g/mol. The molecule has 1 aliphatic heterocycles. The van der Waals surface area contributed by atoms with Crippen molar-refractivity contribution in [3.8, 4) is 0 Å². The summed E-state index contributed by atoms with van der Waals surface area (Å²) in [6, 6.07) is 6.42. The van der Waals surface area contributed by atoms with E-state index in [1.165, 1.54) is 22.4 Å². The minimum atomic E-state index is 0.839. The SMILES string of the molecule is CC(C)=CCN(NC1=NCCS1)c1cccc(C)c1C.